The third-order valence-electron chi connectivity index (χ3n) is 5.30. The molecule has 0 aliphatic heterocycles. The Labute approximate surface area is 206 Å². The summed E-state index contributed by atoms with van der Waals surface area (Å²) >= 11 is 0. The number of hydrogen-bond acceptors (Lipinski definition) is 6. The molecule has 0 bridgehead atoms. The summed E-state index contributed by atoms with van der Waals surface area (Å²) in [6, 6.07) is 11.6. The van der Waals surface area contributed by atoms with Crippen LogP contribution in [-0.4, -0.2) is 54.9 Å². The normalized spacial score (nSPS) is 12.2. The van der Waals surface area contributed by atoms with E-state index in [0.717, 1.165) is 27.8 Å². The molecule has 11 heteroatoms. The van der Waals surface area contributed by atoms with Crippen molar-refractivity contribution < 1.29 is 22.9 Å². The largest absolute Gasteiger partial charge is 0.352 e. The molecule has 1 N–H and O–H groups in total. The molecule has 0 aliphatic rings. The van der Waals surface area contributed by atoms with E-state index in [1.54, 1.807) is 6.92 Å². The smallest absolute Gasteiger partial charge is 0.271 e. The van der Waals surface area contributed by atoms with Crippen LogP contribution in [-0.2, 0) is 26.2 Å². The van der Waals surface area contributed by atoms with Gasteiger partial charge in [0.25, 0.3) is 5.69 Å². The molecule has 2 rings (SSSR count). The second-order valence-electron chi connectivity index (χ2n) is 8.64. The zero-order chi connectivity index (χ0) is 26.3. The number of anilines is 1. The van der Waals surface area contributed by atoms with Crippen LogP contribution in [0.4, 0.5) is 11.4 Å². The number of aryl methyl sites for hydroxylation is 1. The van der Waals surface area contributed by atoms with Crippen molar-refractivity contribution in [2.75, 3.05) is 17.1 Å². The van der Waals surface area contributed by atoms with Crippen LogP contribution >= 0.6 is 0 Å². The molecule has 2 aromatic carbocycles. The summed E-state index contributed by atoms with van der Waals surface area (Å²) in [6.45, 7) is 6.80. The Morgan fingerprint density at radius 3 is 2.26 bits per heavy atom. The van der Waals surface area contributed by atoms with Crippen LogP contribution in [0.1, 0.15) is 38.3 Å². The van der Waals surface area contributed by atoms with Crippen molar-refractivity contribution in [2.24, 2.45) is 0 Å². The van der Waals surface area contributed by atoms with Gasteiger partial charge >= 0.3 is 0 Å². The number of benzene rings is 2. The molecule has 2 aromatic rings. The molecule has 0 spiro atoms. The van der Waals surface area contributed by atoms with E-state index in [1.165, 1.54) is 23.1 Å². The molecule has 0 fully saturated rings. The topological polar surface area (TPSA) is 130 Å². The maximum Gasteiger partial charge on any atom is 0.271 e. The zero-order valence-corrected chi connectivity index (χ0v) is 21.4. The SMILES string of the molecule is CC[C@@H](C(=O)NC(C)C)N(Cc1ccc(C)cc1)C(=O)CN(c1cccc([N+](=O)[O-])c1)S(C)(=O)=O. The van der Waals surface area contributed by atoms with E-state index in [-0.39, 0.29) is 29.9 Å². The van der Waals surface area contributed by atoms with Crippen molar-refractivity contribution in [1.29, 1.82) is 0 Å². The van der Waals surface area contributed by atoms with Gasteiger partial charge in [-0.15, -0.1) is 0 Å². The molecule has 0 radical (unpaired) electrons. The van der Waals surface area contributed by atoms with Gasteiger partial charge in [0.05, 0.1) is 16.9 Å². The summed E-state index contributed by atoms with van der Waals surface area (Å²) < 4.78 is 26.0. The number of nitro benzene ring substituents is 1. The summed E-state index contributed by atoms with van der Waals surface area (Å²) in [5.74, 6) is -0.947. The van der Waals surface area contributed by atoms with Gasteiger partial charge in [-0.25, -0.2) is 8.42 Å². The Kier molecular flexibility index (Phi) is 9.35. The molecule has 1 atom stereocenters. The lowest BCUT2D eigenvalue weighted by atomic mass is 10.1. The molecule has 0 saturated carbocycles. The van der Waals surface area contributed by atoms with Gasteiger partial charge in [0.1, 0.15) is 12.6 Å². The van der Waals surface area contributed by atoms with Crippen LogP contribution in [0.5, 0.6) is 0 Å². The zero-order valence-electron chi connectivity index (χ0n) is 20.6. The van der Waals surface area contributed by atoms with Gasteiger partial charge in [-0.2, -0.15) is 0 Å². The molecule has 35 heavy (non-hydrogen) atoms. The first-order valence-electron chi connectivity index (χ1n) is 11.2. The molecule has 0 saturated heterocycles. The van der Waals surface area contributed by atoms with Gasteiger partial charge in [-0.05, 0) is 38.8 Å². The van der Waals surface area contributed by atoms with E-state index in [9.17, 15) is 28.1 Å². The van der Waals surface area contributed by atoms with Gasteiger partial charge in [-0.3, -0.25) is 24.0 Å². The Morgan fingerprint density at radius 1 is 1.11 bits per heavy atom. The highest BCUT2D eigenvalue weighted by Crippen LogP contribution is 2.24. The first kappa shape index (κ1) is 27.8. The number of sulfonamides is 1. The molecule has 2 amide bonds. The Morgan fingerprint density at radius 2 is 1.74 bits per heavy atom. The summed E-state index contributed by atoms with van der Waals surface area (Å²) in [4.78, 5) is 38.4. The Bertz CT molecular complexity index is 1160. The highest BCUT2D eigenvalue weighted by Gasteiger charge is 2.32. The van der Waals surface area contributed by atoms with Crippen LogP contribution in [0.15, 0.2) is 48.5 Å². The lowest BCUT2D eigenvalue weighted by Gasteiger charge is -2.33. The number of amides is 2. The van der Waals surface area contributed by atoms with Crippen molar-refractivity contribution in [3.63, 3.8) is 0 Å². The lowest BCUT2D eigenvalue weighted by molar-refractivity contribution is -0.384. The van der Waals surface area contributed by atoms with E-state index in [1.807, 2.05) is 45.0 Å². The molecular weight excluding hydrogens is 472 g/mol. The standard InChI is InChI=1S/C24H32N4O6S/c1-6-22(24(30)25-17(2)3)26(15-19-12-10-18(4)11-13-19)23(29)16-27(35(5,33)34)20-8-7-9-21(14-20)28(31)32/h7-14,17,22H,6,15-16H2,1-5H3,(H,25,30)/t22-/m0/s1. The quantitative estimate of drug-likeness (QED) is 0.370. The van der Waals surface area contributed by atoms with Crippen LogP contribution in [0.2, 0.25) is 0 Å². The van der Waals surface area contributed by atoms with E-state index < -0.39 is 33.4 Å². The van der Waals surface area contributed by atoms with E-state index in [2.05, 4.69) is 5.32 Å². The van der Waals surface area contributed by atoms with Gasteiger partial charge in [0.15, 0.2) is 0 Å². The van der Waals surface area contributed by atoms with Gasteiger partial charge in [-0.1, -0.05) is 42.8 Å². The first-order chi connectivity index (χ1) is 16.3. The number of carbonyl (C=O) groups is 2. The lowest BCUT2D eigenvalue weighted by Crippen LogP contribution is -2.53. The maximum atomic E-state index is 13.6. The number of non-ortho nitro benzene ring substituents is 1. The number of carbonyl (C=O) groups excluding carboxylic acids is 2. The van der Waals surface area contributed by atoms with E-state index in [4.69, 9.17) is 0 Å². The predicted molar refractivity (Wildman–Crippen MR) is 134 cm³/mol. The number of nitrogens with zero attached hydrogens (tertiary/aromatic N) is 3. The Balaban J connectivity index is 2.47. The fourth-order valence-electron chi connectivity index (χ4n) is 3.57. The first-order valence-corrected chi connectivity index (χ1v) is 13.1. The minimum Gasteiger partial charge on any atom is -0.352 e. The van der Waals surface area contributed by atoms with Crippen molar-refractivity contribution in [1.82, 2.24) is 10.2 Å². The molecule has 0 heterocycles. The summed E-state index contributed by atoms with van der Waals surface area (Å²) in [5.41, 5.74) is 1.50. The molecule has 0 aliphatic carbocycles. The Hall–Kier alpha value is -3.47. The van der Waals surface area contributed by atoms with Crippen molar-refractivity contribution >= 4 is 33.2 Å². The number of rotatable bonds is 11. The molecule has 0 unspecified atom stereocenters. The molecule has 190 valence electrons. The summed E-state index contributed by atoms with van der Waals surface area (Å²) in [7, 11) is -3.98. The molecular formula is C24H32N4O6S. The average Bonchev–Trinajstić information content (AvgIpc) is 2.77. The third kappa shape index (κ3) is 7.78. The monoisotopic (exact) mass is 504 g/mol. The van der Waals surface area contributed by atoms with E-state index in [0.29, 0.717) is 6.42 Å². The number of hydrogen-bond donors (Lipinski definition) is 1. The summed E-state index contributed by atoms with van der Waals surface area (Å²) in [5, 5.41) is 14.0. The van der Waals surface area contributed by atoms with Crippen molar-refractivity contribution in [2.45, 2.75) is 52.7 Å². The van der Waals surface area contributed by atoms with Crippen LogP contribution < -0.4 is 9.62 Å². The molecule has 10 nitrogen and oxygen atoms in total. The number of nitro groups is 1. The fraction of sp³-hybridized carbons (Fsp3) is 0.417. The molecule has 0 aromatic heterocycles. The fourth-order valence-corrected chi connectivity index (χ4v) is 4.41. The third-order valence-corrected chi connectivity index (χ3v) is 6.44. The van der Waals surface area contributed by atoms with Gasteiger partial charge in [0.2, 0.25) is 21.8 Å². The summed E-state index contributed by atoms with van der Waals surface area (Å²) in [6.07, 6.45) is 1.23. The van der Waals surface area contributed by atoms with Crippen molar-refractivity contribution in [3.8, 4) is 0 Å². The maximum absolute atomic E-state index is 13.6. The van der Waals surface area contributed by atoms with Crippen LogP contribution in [0.3, 0.4) is 0 Å². The van der Waals surface area contributed by atoms with Crippen LogP contribution in [0, 0.1) is 17.0 Å². The van der Waals surface area contributed by atoms with Crippen molar-refractivity contribution in [3.05, 3.63) is 69.8 Å². The minimum atomic E-state index is -3.98. The van der Waals surface area contributed by atoms with Crippen LogP contribution in [0.25, 0.3) is 0 Å². The highest BCUT2D eigenvalue weighted by molar-refractivity contribution is 7.92. The average molecular weight is 505 g/mol. The predicted octanol–water partition coefficient (Wildman–Crippen LogP) is 3.00. The number of nitrogens with one attached hydrogen (secondary N) is 1. The van der Waals surface area contributed by atoms with Gasteiger partial charge < -0.3 is 10.2 Å². The van der Waals surface area contributed by atoms with E-state index >= 15 is 0 Å². The highest BCUT2D eigenvalue weighted by atomic mass is 32.2. The van der Waals surface area contributed by atoms with Gasteiger partial charge in [0, 0.05) is 24.7 Å². The second kappa shape index (κ2) is 11.8. The minimum absolute atomic E-state index is 0.00924. The second-order valence-corrected chi connectivity index (χ2v) is 10.5.